The van der Waals surface area contributed by atoms with Crippen molar-refractivity contribution in [1.29, 1.82) is 0 Å². The van der Waals surface area contributed by atoms with Crippen molar-refractivity contribution in [2.45, 2.75) is 12.8 Å². The van der Waals surface area contributed by atoms with Crippen LogP contribution in [-0.2, 0) is 0 Å². The Morgan fingerprint density at radius 2 is 1.90 bits per heavy atom. The van der Waals surface area contributed by atoms with Gasteiger partial charge in [0.15, 0.2) is 11.6 Å². The molecule has 1 aliphatic rings. The van der Waals surface area contributed by atoms with Crippen LogP contribution in [0.1, 0.15) is 12.8 Å². The fourth-order valence-corrected chi connectivity index (χ4v) is 2.39. The lowest BCUT2D eigenvalue weighted by atomic mass is 10.3. The van der Waals surface area contributed by atoms with Crippen molar-refractivity contribution in [3.8, 4) is 0 Å². The first kappa shape index (κ1) is 13.5. The number of aromatic nitrogens is 2. The smallest absolute Gasteiger partial charge is 0.159 e. The molecule has 21 heavy (non-hydrogen) atoms. The first-order valence-corrected chi connectivity index (χ1v) is 6.72. The van der Waals surface area contributed by atoms with Crippen LogP contribution in [0, 0.1) is 11.6 Å². The fourth-order valence-electron chi connectivity index (χ4n) is 2.39. The van der Waals surface area contributed by atoms with Crippen molar-refractivity contribution in [2.75, 3.05) is 29.0 Å². The van der Waals surface area contributed by atoms with Crippen LogP contribution in [0.3, 0.4) is 0 Å². The number of nitrogens with zero attached hydrogens (tertiary/aromatic N) is 3. The van der Waals surface area contributed by atoms with Gasteiger partial charge in [-0.1, -0.05) is 0 Å². The van der Waals surface area contributed by atoms with E-state index in [2.05, 4.69) is 20.2 Å². The predicted octanol–water partition coefficient (Wildman–Crippen LogP) is 2.68. The number of hydrogen-bond acceptors (Lipinski definition) is 5. The number of hydrogen-bond donors (Lipinski definition) is 2. The van der Waals surface area contributed by atoms with Gasteiger partial charge in [-0.25, -0.2) is 18.7 Å². The zero-order chi connectivity index (χ0) is 14.8. The zero-order valence-electron chi connectivity index (χ0n) is 11.3. The van der Waals surface area contributed by atoms with E-state index in [9.17, 15) is 8.78 Å². The molecule has 3 N–H and O–H groups in total. The zero-order valence-corrected chi connectivity index (χ0v) is 11.3. The second-order valence-corrected chi connectivity index (χ2v) is 4.90. The highest BCUT2D eigenvalue weighted by Gasteiger charge is 2.19. The Kier molecular flexibility index (Phi) is 3.55. The van der Waals surface area contributed by atoms with E-state index >= 15 is 0 Å². The Morgan fingerprint density at radius 1 is 1.14 bits per heavy atom. The van der Waals surface area contributed by atoms with Gasteiger partial charge in [0.1, 0.15) is 23.6 Å². The highest BCUT2D eigenvalue weighted by atomic mass is 19.1. The molecule has 2 aromatic rings. The molecule has 3 rings (SSSR count). The molecule has 0 atom stereocenters. The maximum absolute atomic E-state index is 13.7. The van der Waals surface area contributed by atoms with E-state index in [1.807, 2.05) is 0 Å². The average Bonchev–Trinajstić information content (AvgIpc) is 2.99. The second-order valence-electron chi connectivity index (χ2n) is 4.90. The number of halogens is 2. The first-order chi connectivity index (χ1) is 10.1. The lowest BCUT2D eigenvalue weighted by molar-refractivity contribution is 0.603. The SMILES string of the molecule is Nc1c(Nc2cc(F)ccc2F)ncnc1N1CCCC1. The van der Waals surface area contributed by atoms with Gasteiger partial charge in [-0.3, -0.25) is 0 Å². The van der Waals surface area contributed by atoms with Gasteiger partial charge in [-0.15, -0.1) is 0 Å². The lowest BCUT2D eigenvalue weighted by Gasteiger charge is -2.19. The molecule has 1 saturated heterocycles. The largest absolute Gasteiger partial charge is 0.393 e. The number of anilines is 4. The maximum atomic E-state index is 13.7. The number of nitrogens with two attached hydrogens (primary N) is 1. The Labute approximate surface area is 120 Å². The summed E-state index contributed by atoms with van der Waals surface area (Å²) in [6.45, 7) is 1.77. The second kappa shape index (κ2) is 5.51. The summed E-state index contributed by atoms with van der Waals surface area (Å²) in [5, 5.41) is 2.73. The van der Waals surface area contributed by atoms with Crippen molar-refractivity contribution in [3.63, 3.8) is 0 Å². The molecule has 0 amide bonds. The molecule has 1 aromatic carbocycles. The van der Waals surface area contributed by atoms with Gasteiger partial charge in [0.25, 0.3) is 0 Å². The monoisotopic (exact) mass is 291 g/mol. The van der Waals surface area contributed by atoms with Crippen LogP contribution in [0.2, 0.25) is 0 Å². The van der Waals surface area contributed by atoms with Gasteiger partial charge in [-0.2, -0.15) is 0 Å². The van der Waals surface area contributed by atoms with E-state index in [0.29, 0.717) is 11.5 Å². The van der Waals surface area contributed by atoms with Gasteiger partial charge >= 0.3 is 0 Å². The minimum Gasteiger partial charge on any atom is -0.393 e. The molecule has 0 spiro atoms. The van der Waals surface area contributed by atoms with E-state index in [0.717, 1.165) is 44.1 Å². The van der Waals surface area contributed by atoms with Crippen LogP contribution in [-0.4, -0.2) is 23.1 Å². The summed E-state index contributed by atoms with van der Waals surface area (Å²) >= 11 is 0. The Bertz CT molecular complexity index is 656. The highest BCUT2D eigenvalue weighted by molar-refractivity contribution is 5.78. The molecule has 0 saturated carbocycles. The molecule has 0 aliphatic carbocycles. The molecule has 5 nitrogen and oxygen atoms in total. The van der Waals surface area contributed by atoms with Crippen LogP contribution < -0.4 is 16.0 Å². The summed E-state index contributed by atoms with van der Waals surface area (Å²) in [4.78, 5) is 10.3. The standard InChI is InChI=1S/C14H15F2N5/c15-9-3-4-10(16)11(7-9)20-13-12(17)14(19-8-18-13)21-5-1-2-6-21/h3-4,7-8H,1-2,5-6,17H2,(H,18,19,20). The first-order valence-electron chi connectivity index (χ1n) is 6.72. The fraction of sp³-hybridized carbons (Fsp3) is 0.286. The summed E-state index contributed by atoms with van der Waals surface area (Å²) < 4.78 is 26.9. The van der Waals surface area contributed by atoms with Crippen molar-refractivity contribution >= 4 is 23.0 Å². The summed E-state index contributed by atoms with van der Waals surface area (Å²) in [5.74, 6) is -0.207. The van der Waals surface area contributed by atoms with Gasteiger partial charge < -0.3 is 16.0 Å². The average molecular weight is 291 g/mol. The number of nitrogen functional groups attached to an aromatic ring is 1. The van der Waals surface area contributed by atoms with Crippen LogP contribution >= 0.6 is 0 Å². The Balaban J connectivity index is 1.92. The molecule has 1 fully saturated rings. The maximum Gasteiger partial charge on any atom is 0.159 e. The van der Waals surface area contributed by atoms with Crippen molar-refractivity contribution in [3.05, 3.63) is 36.2 Å². The molecular weight excluding hydrogens is 276 g/mol. The van der Waals surface area contributed by atoms with Gasteiger partial charge in [0.2, 0.25) is 0 Å². The molecule has 0 radical (unpaired) electrons. The summed E-state index contributed by atoms with van der Waals surface area (Å²) in [5.41, 5.74) is 6.38. The third-order valence-corrected chi connectivity index (χ3v) is 3.45. The highest BCUT2D eigenvalue weighted by Crippen LogP contribution is 2.31. The van der Waals surface area contributed by atoms with Crippen LogP contribution in [0.4, 0.5) is 31.8 Å². The molecular formula is C14H15F2N5. The Hall–Kier alpha value is -2.44. The molecule has 2 heterocycles. The minimum absolute atomic E-state index is 0.00669. The molecule has 7 heteroatoms. The van der Waals surface area contributed by atoms with Crippen LogP contribution in [0.25, 0.3) is 0 Å². The van der Waals surface area contributed by atoms with Crippen LogP contribution in [0.5, 0.6) is 0 Å². The van der Waals surface area contributed by atoms with E-state index in [1.54, 1.807) is 0 Å². The van der Waals surface area contributed by atoms with Gasteiger partial charge in [0.05, 0.1) is 5.69 Å². The van der Waals surface area contributed by atoms with E-state index in [-0.39, 0.29) is 11.5 Å². The summed E-state index contributed by atoms with van der Waals surface area (Å²) in [6, 6.07) is 3.17. The van der Waals surface area contributed by atoms with E-state index in [1.165, 1.54) is 6.33 Å². The summed E-state index contributed by atoms with van der Waals surface area (Å²) in [6.07, 6.45) is 3.54. The van der Waals surface area contributed by atoms with Crippen LogP contribution in [0.15, 0.2) is 24.5 Å². The predicted molar refractivity (Wildman–Crippen MR) is 77.5 cm³/mol. The topological polar surface area (TPSA) is 67.1 Å². The van der Waals surface area contributed by atoms with E-state index in [4.69, 9.17) is 5.73 Å². The Morgan fingerprint density at radius 3 is 2.67 bits per heavy atom. The van der Waals surface area contributed by atoms with Crippen molar-refractivity contribution in [2.24, 2.45) is 0 Å². The van der Waals surface area contributed by atoms with Crippen molar-refractivity contribution < 1.29 is 8.78 Å². The summed E-state index contributed by atoms with van der Waals surface area (Å²) in [7, 11) is 0. The lowest BCUT2D eigenvalue weighted by Crippen LogP contribution is -2.21. The molecule has 0 bridgehead atoms. The third kappa shape index (κ3) is 2.72. The molecule has 1 aliphatic heterocycles. The normalized spacial score (nSPS) is 14.5. The van der Waals surface area contributed by atoms with Gasteiger partial charge in [-0.05, 0) is 25.0 Å². The van der Waals surface area contributed by atoms with E-state index < -0.39 is 11.6 Å². The minimum atomic E-state index is -0.572. The third-order valence-electron chi connectivity index (χ3n) is 3.45. The number of benzene rings is 1. The van der Waals surface area contributed by atoms with Crippen molar-refractivity contribution in [1.82, 2.24) is 9.97 Å². The molecule has 1 aromatic heterocycles. The molecule has 110 valence electrons. The number of nitrogens with one attached hydrogen (secondary N) is 1. The number of rotatable bonds is 3. The molecule has 0 unspecified atom stereocenters. The quantitative estimate of drug-likeness (QED) is 0.910. The van der Waals surface area contributed by atoms with Gasteiger partial charge in [0, 0.05) is 19.2 Å².